The van der Waals surface area contributed by atoms with Crippen molar-refractivity contribution in [1.29, 1.82) is 0 Å². The molecule has 0 spiro atoms. The van der Waals surface area contributed by atoms with Crippen molar-refractivity contribution in [2.75, 3.05) is 13.1 Å². The molecule has 0 aliphatic carbocycles. The maximum atomic E-state index is 12.5. The highest BCUT2D eigenvalue weighted by Crippen LogP contribution is 2.23. The second-order valence-corrected chi connectivity index (χ2v) is 5.62. The lowest BCUT2D eigenvalue weighted by atomic mass is 9.90. The highest BCUT2D eigenvalue weighted by Gasteiger charge is 2.33. The lowest BCUT2D eigenvalue weighted by Gasteiger charge is -2.38. The van der Waals surface area contributed by atoms with Crippen molar-refractivity contribution in [2.24, 2.45) is 11.7 Å². The first-order chi connectivity index (χ1) is 9.04. The fraction of sp³-hybridized carbons (Fsp3) is 0.769. The van der Waals surface area contributed by atoms with Crippen molar-refractivity contribution < 1.29 is 4.79 Å². The Kier molecular flexibility index (Phi) is 4.19. The van der Waals surface area contributed by atoms with E-state index in [1.165, 1.54) is 0 Å². The number of nitrogens with zero attached hydrogens (tertiary/aromatic N) is 3. The summed E-state index contributed by atoms with van der Waals surface area (Å²) in [4.78, 5) is 18.6. The third-order valence-corrected chi connectivity index (χ3v) is 3.86. The molecule has 1 amide bonds. The first-order valence-electron chi connectivity index (χ1n) is 6.98. The van der Waals surface area contributed by atoms with E-state index in [2.05, 4.69) is 22.1 Å². The van der Waals surface area contributed by atoms with Crippen LogP contribution < -0.4 is 5.73 Å². The van der Waals surface area contributed by atoms with Crippen molar-refractivity contribution in [3.05, 3.63) is 11.6 Å². The van der Waals surface area contributed by atoms with Crippen molar-refractivity contribution in [2.45, 2.75) is 45.6 Å². The number of hydrogen-bond donors (Lipinski definition) is 2. The van der Waals surface area contributed by atoms with E-state index in [9.17, 15) is 4.79 Å². The molecule has 1 aliphatic heterocycles. The average molecular weight is 265 g/mol. The molecule has 19 heavy (non-hydrogen) atoms. The molecule has 2 atom stereocenters. The van der Waals surface area contributed by atoms with Gasteiger partial charge in [0.25, 0.3) is 5.91 Å². The van der Waals surface area contributed by atoms with Gasteiger partial charge in [0.2, 0.25) is 5.82 Å². The summed E-state index contributed by atoms with van der Waals surface area (Å²) < 4.78 is 0. The van der Waals surface area contributed by atoms with Crippen LogP contribution in [0.3, 0.4) is 0 Å². The predicted octanol–water partition coefficient (Wildman–Crippen LogP) is 1.13. The topological polar surface area (TPSA) is 87.9 Å². The van der Waals surface area contributed by atoms with Gasteiger partial charge in [0.1, 0.15) is 5.82 Å². The van der Waals surface area contributed by atoms with Gasteiger partial charge in [0.05, 0.1) is 0 Å². The number of aromatic amines is 1. The molecule has 1 aliphatic rings. The summed E-state index contributed by atoms with van der Waals surface area (Å²) in [6.07, 6.45) is 2.14. The predicted molar refractivity (Wildman–Crippen MR) is 72.7 cm³/mol. The molecule has 1 aromatic rings. The number of piperidine rings is 1. The Balaban J connectivity index is 2.17. The summed E-state index contributed by atoms with van der Waals surface area (Å²) in [7, 11) is 0. The molecule has 2 unspecified atom stereocenters. The molecule has 0 saturated carbocycles. The zero-order valence-corrected chi connectivity index (χ0v) is 11.9. The van der Waals surface area contributed by atoms with Gasteiger partial charge in [-0.1, -0.05) is 20.8 Å². The number of hydrogen-bond acceptors (Lipinski definition) is 4. The highest BCUT2D eigenvalue weighted by atomic mass is 16.2. The molecule has 1 aromatic heterocycles. The second-order valence-electron chi connectivity index (χ2n) is 5.62. The number of carbonyl (C=O) groups is 1. The van der Waals surface area contributed by atoms with Crippen LogP contribution in [0.15, 0.2) is 0 Å². The Labute approximate surface area is 113 Å². The highest BCUT2D eigenvalue weighted by molar-refractivity contribution is 5.90. The van der Waals surface area contributed by atoms with E-state index in [0.29, 0.717) is 12.5 Å². The average Bonchev–Trinajstić information content (AvgIpc) is 2.87. The molecule has 106 valence electrons. The first kappa shape index (κ1) is 14.0. The van der Waals surface area contributed by atoms with Gasteiger partial charge in [-0.05, 0) is 18.8 Å². The summed E-state index contributed by atoms with van der Waals surface area (Å²) >= 11 is 0. The fourth-order valence-corrected chi connectivity index (χ4v) is 2.62. The quantitative estimate of drug-likeness (QED) is 0.857. The molecular formula is C13H23N5O. The number of amides is 1. The Morgan fingerprint density at radius 1 is 1.58 bits per heavy atom. The van der Waals surface area contributed by atoms with Gasteiger partial charge in [-0.2, -0.15) is 0 Å². The SMILES string of the molecule is CC(C)c1nc(C(=O)N2CCCC(C)C2CN)n[nH]1. The van der Waals surface area contributed by atoms with Crippen LogP contribution in [0.5, 0.6) is 0 Å². The number of nitrogens with two attached hydrogens (primary N) is 1. The number of aromatic nitrogens is 3. The molecule has 0 aromatic carbocycles. The Bertz CT molecular complexity index is 442. The fourth-order valence-electron chi connectivity index (χ4n) is 2.62. The number of H-pyrrole nitrogens is 1. The van der Waals surface area contributed by atoms with Gasteiger partial charge < -0.3 is 10.6 Å². The zero-order chi connectivity index (χ0) is 14.0. The van der Waals surface area contributed by atoms with Crippen LogP contribution in [-0.2, 0) is 0 Å². The van der Waals surface area contributed by atoms with Crippen LogP contribution >= 0.6 is 0 Å². The molecule has 1 fully saturated rings. The Hall–Kier alpha value is -1.43. The van der Waals surface area contributed by atoms with E-state index in [1.54, 1.807) is 0 Å². The normalized spacial score (nSPS) is 23.9. The van der Waals surface area contributed by atoms with Gasteiger partial charge in [-0.25, -0.2) is 4.98 Å². The smallest absolute Gasteiger partial charge is 0.293 e. The van der Waals surface area contributed by atoms with Crippen LogP contribution in [0.1, 0.15) is 56.0 Å². The van der Waals surface area contributed by atoms with E-state index < -0.39 is 0 Å². The third kappa shape index (κ3) is 2.78. The van der Waals surface area contributed by atoms with E-state index >= 15 is 0 Å². The van der Waals surface area contributed by atoms with Gasteiger partial charge in [0.15, 0.2) is 0 Å². The minimum Gasteiger partial charge on any atom is -0.331 e. The van der Waals surface area contributed by atoms with Crippen LogP contribution in [0.2, 0.25) is 0 Å². The maximum Gasteiger partial charge on any atom is 0.293 e. The van der Waals surface area contributed by atoms with E-state index in [-0.39, 0.29) is 23.7 Å². The molecule has 0 bridgehead atoms. The Morgan fingerprint density at radius 2 is 2.32 bits per heavy atom. The summed E-state index contributed by atoms with van der Waals surface area (Å²) in [5.74, 6) is 1.57. The summed E-state index contributed by atoms with van der Waals surface area (Å²) in [6, 6.07) is 0.0993. The Morgan fingerprint density at radius 3 is 2.89 bits per heavy atom. The molecule has 3 N–H and O–H groups in total. The first-order valence-corrected chi connectivity index (χ1v) is 6.98. The van der Waals surface area contributed by atoms with Crippen molar-refractivity contribution in [3.63, 3.8) is 0 Å². The van der Waals surface area contributed by atoms with Gasteiger partial charge in [0, 0.05) is 25.0 Å². The molecule has 2 rings (SSSR count). The second kappa shape index (κ2) is 5.69. The summed E-state index contributed by atoms with van der Waals surface area (Å²) in [6.45, 7) is 7.42. The monoisotopic (exact) mass is 265 g/mol. The number of likely N-dealkylation sites (tertiary alicyclic amines) is 1. The molecular weight excluding hydrogens is 242 g/mol. The van der Waals surface area contributed by atoms with Gasteiger partial charge in [-0.3, -0.25) is 9.89 Å². The number of nitrogens with one attached hydrogen (secondary N) is 1. The molecule has 2 heterocycles. The van der Waals surface area contributed by atoms with Crippen LogP contribution in [-0.4, -0.2) is 45.1 Å². The van der Waals surface area contributed by atoms with E-state index in [4.69, 9.17) is 5.73 Å². The van der Waals surface area contributed by atoms with Crippen LogP contribution in [0.4, 0.5) is 0 Å². The minimum atomic E-state index is -0.106. The molecule has 6 nitrogen and oxygen atoms in total. The largest absolute Gasteiger partial charge is 0.331 e. The van der Waals surface area contributed by atoms with E-state index in [1.807, 2.05) is 18.7 Å². The van der Waals surface area contributed by atoms with Crippen LogP contribution in [0, 0.1) is 5.92 Å². The molecule has 0 radical (unpaired) electrons. The summed E-state index contributed by atoms with van der Waals surface area (Å²) in [5, 5.41) is 6.87. The molecule has 6 heteroatoms. The number of rotatable bonds is 3. The van der Waals surface area contributed by atoms with Gasteiger partial charge in [-0.15, -0.1) is 5.10 Å². The van der Waals surface area contributed by atoms with Gasteiger partial charge >= 0.3 is 0 Å². The standard InChI is InChI=1S/C13H23N5O/c1-8(2)11-15-12(17-16-11)13(19)18-6-4-5-9(3)10(18)7-14/h8-10H,4-7,14H2,1-3H3,(H,15,16,17). The zero-order valence-electron chi connectivity index (χ0n) is 11.9. The lowest BCUT2D eigenvalue weighted by molar-refractivity contribution is 0.0520. The van der Waals surface area contributed by atoms with Crippen molar-refractivity contribution >= 4 is 5.91 Å². The lowest BCUT2D eigenvalue weighted by Crippen LogP contribution is -2.51. The van der Waals surface area contributed by atoms with Crippen molar-refractivity contribution in [3.8, 4) is 0 Å². The third-order valence-electron chi connectivity index (χ3n) is 3.86. The van der Waals surface area contributed by atoms with Crippen molar-refractivity contribution in [1.82, 2.24) is 20.1 Å². The number of carbonyl (C=O) groups excluding carboxylic acids is 1. The molecule has 1 saturated heterocycles. The maximum absolute atomic E-state index is 12.5. The minimum absolute atomic E-state index is 0.0993. The summed E-state index contributed by atoms with van der Waals surface area (Å²) in [5.41, 5.74) is 5.81. The van der Waals surface area contributed by atoms with Crippen LogP contribution in [0.25, 0.3) is 0 Å². The van der Waals surface area contributed by atoms with E-state index in [0.717, 1.165) is 25.2 Å².